The molecule has 2 unspecified atom stereocenters. The van der Waals surface area contributed by atoms with E-state index in [1.54, 1.807) is 6.33 Å². The first-order valence-corrected chi connectivity index (χ1v) is 43.6. The second-order valence-electron chi connectivity index (χ2n) is 25.9. The zero-order valence-electron chi connectivity index (χ0n) is 60.6. The summed E-state index contributed by atoms with van der Waals surface area (Å²) in [5.41, 5.74) is 2.55. The maximum atomic E-state index is 12.4. The van der Waals surface area contributed by atoms with E-state index in [0.717, 1.165) is 203 Å². The number of H-pyrrole nitrogens is 1. The van der Waals surface area contributed by atoms with Crippen LogP contribution in [0.15, 0.2) is 127 Å². The maximum absolute atomic E-state index is 12.4. The number of carbonyl (C=O) groups excluding carboxylic acids is 2. The lowest BCUT2D eigenvalue weighted by atomic mass is 10.1. The summed E-state index contributed by atoms with van der Waals surface area (Å²) >= 11 is 0. The van der Waals surface area contributed by atoms with Gasteiger partial charge in [0.1, 0.15) is 13.2 Å². The van der Waals surface area contributed by atoms with Crippen LogP contribution in [0, 0.1) is 0 Å². The molecule has 97 heavy (non-hydrogen) atoms. The van der Waals surface area contributed by atoms with Gasteiger partial charge in [-0.15, -0.1) is 0 Å². The van der Waals surface area contributed by atoms with Crippen molar-refractivity contribution in [2.75, 3.05) is 83.3 Å². The third-order valence-electron chi connectivity index (χ3n) is 16.7. The van der Waals surface area contributed by atoms with Crippen LogP contribution in [0.5, 0.6) is 0 Å². The molecule has 0 aromatic carbocycles. The largest absolute Gasteiger partial charge is 0.379 e. The van der Waals surface area contributed by atoms with Gasteiger partial charge in [0.2, 0.25) is 0 Å². The smallest absolute Gasteiger partial charge is 0.158 e. The molecule has 0 radical (unpaired) electrons. The first-order chi connectivity index (χ1) is 48.2. The van der Waals surface area contributed by atoms with Gasteiger partial charge in [-0.3, -0.25) is 14.6 Å². The second kappa shape index (κ2) is 72.8. The summed E-state index contributed by atoms with van der Waals surface area (Å²) in [6.45, 7) is 6.37. The van der Waals surface area contributed by atoms with Crippen LogP contribution in [-0.4, -0.2) is 123 Å². The van der Waals surface area contributed by atoms with Crippen LogP contribution in [0.2, 0.25) is 0 Å². The molecule has 1 aromatic heterocycles. The van der Waals surface area contributed by atoms with Crippen LogP contribution in [0.25, 0.3) is 0 Å². The average Bonchev–Trinajstić information content (AvgIpc) is 4.55. The minimum atomic E-state index is 0.108. The number of aliphatic imine (C=N–C) groups is 1. The Morgan fingerprint density at radius 2 is 0.711 bits per heavy atom. The van der Waals surface area contributed by atoms with Gasteiger partial charge in [0.05, 0.1) is 31.7 Å². The fourth-order valence-electron chi connectivity index (χ4n) is 10.8. The molecule has 0 fully saturated rings. The lowest BCUT2D eigenvalue weighted by Crippen LogP contribution is -2.23. The summed E-state index contributed by atoms with van der Waals surface area (Å²) in [5, 5.41) is 0. The van der Waals surface area contributed by atoms with Crippen molar-refractivity contribution in [1.82, 2.24) is 9.97 Å². The fourth-order valence-corrected chi connectivity index (χ4v) is 15.3. The fraction of sp³-hybridized carbons (Fsp3) is 0.707. The van der Waals surface area contributed by atoms with Crippen molar-refractivity contribution in [3.8, 4) is 0 Å². The summed E-state index contributed by atoms with van der Waals surface area (Å²) in [4.78, 5) is 36.3. The molecule has 15 heteroatoms. The van der Waals surface area contributed by atoms with Gasteiger partial charge in [-0.25, -0.2) is 4.98 Å². The van der Waals surface area contributed by atoms with Gasteiger partial charge >= 0.3 is 0 Å². The molecular weight excluding hydrogens is 1280 g/mol. The van der Waals surface area contributed by atoms with E-state index < -0.39 is 0 Å². The van der Waals surface area contributed by atoms with E-state index in [9.17, 15) is 9.59 Å². The molecule has 0 saturated heterocycles. The number of ketones is 2. The van der Waals surface area contributed by atoms with E-state index in [0.29, 0.717) is 39.3 Å². The highest BCUT2D eigenvalue weighted by Crippen LogP contribution is 2.28. The zero-order valence-corrected chi connectivity index (χ0v) is 63.9. The number of rotatable bonds is 10. The quantitative estimate of drug-likeness (QED) is 0.136. The molecule has 0 aliphatic carbocycles. The number of nitrogens with one attached hydrogen (secondary N) is 1. The number of imidazole rings is 1. The van der Waals surface area contributed by atoms with E-state index >= 15 is 0 Å². The van der Waals surface area contributed by atoms with Crippen molar-refractivity contribution in [3.63, 3.8) is 0 Å². The molecule has 550 valence electrons. The van der Waals surface area contributed by atoms with Gasteiger partial charge < -0.3 is 33.4 Å². The number of hydrogen-bond donors (Lipinski definition) is 1. The lowest BCUT2D eigenvalue weighted by molar-refractivity contribution is -0.124. The molecule has 0 saturated carbocycles. The molecule has 3 heterocycles. The standard InChI is InChI=1S/C82H135N3O8S4/c86-79-56-48-40-32-24-16-8-2-5-14-22-30-38-46-54-64-92-81(74-96-94-72-77-58-59-83-66-77)70-90-62-52-44-36-28-20-11-4-1-3-10-18-26-34-42-50-60-88-69-80(87)57-49-41-33-25-17-9-6-15-23-31-39-47-55-65-93-82(75-97-95-73-78-67-84-76-85-78)71-91-63-53-45-37-29-21-13-7-12-19-27-35-43-51-61-89-68-79/h1-3,6-9,13,18-19,24-27,32-33,59,66-67,76,81-82H,4-5,10-12,14-17,20-23,28-31,34-58,60-65,68-75H2,(H,84,85). The summed E-state index contributed by atoms with van der Waals surface area (Å²) in [7, 11) is 7.52. The zero-order chi connectivity index (χ0) is 68.4. The van der Waals surface area contributed by atoms with Crippen LogP contribution in [0.1, 0.15) is 275 Å². The molecular formula is C82H135N3O8S4. The van der Waals surface area contributed by atoms with Gasteiger partial charge in [0.15, 0.2) is 11.6 Å². The summed E-state index contributed by atoms with van der Waals surface area (Å²) in [5.74, 6) is 4.23. The highest BCUT2D eigenvalue weighted by atomic mass is 33.1. The Kier molecular flexibility index (Phi) is 66.3. The average molecular weight is 1420 g/mol. The molecule has 1 N–H and O–H groups in total. The first kappa shape index (κ1) is 88.3. The minimum Gasteiger partial charge on any atom is -0.379 e. The normalized spacial score (nSPS) is 22.4. The Hall–Kier alpha value is -2.96. The number of hydrogen-bond acceptors (Lipinski definition) is 14. The molecule has 2 atom stereocenters. The monoisotopic (exact) mass is 1420 g/mol. The number of nitrogens with zero attached hydrogens (tertiary/aromatic N) is 2. The van der Waals surface area contributed by atoms with Crippen LogP contribution >= 0.6 is 43.2 Å². The van der Waals surface area contributed by atoms with E-state index in [1.165, 1.54) is 115 Å². The number of aromatic amines is 1. The number of allylic oxidation sites excluding steroid dienone is 16. The van der Waals surface area contributed by atoms with Gasteiger partial charge in [-0.05, 0) is 173 Å². The molecule has 11 nitrogen and oxygen atoms in total. The van der Waals surface area contributed by atoms with Crippen LogP contribution in [0.4, 0.5) is 0 Å². The number of ether oxygens (including phenoxy) is 6. The Morgan fingerprint density at radius 1 is 0.371 bits per heavy atom. The van der Waals surface area contributed by atoms with Crippen molar-refractivity contribution >= 4 is 61.0 Å². The van der Waals surface area contributed by atoms with E-state index in [2.05, 4.69) is 112 Å². The third-order valence-corrected chi connectivity index (χ3v) is 21.5. The maximum Gasteiger partial charge on any atom is 0.158 e. The molecule has 0 amide bonds. The number of Topliss-reactive ketones (excluding diaryl/α,β-unsaturated/α-hetero) is 2. The molecule has 1 aromatic rings. The lowest BCUT2D eigenvalue weighted by Gasteiger charge is -2.18. The molecule has 0 bridgehead atoms. The van der Waals surface area contributed by atoms with Crippen molar-refractivity contribution in [1.29, 1.82) is 0 Å². The van der Waals surface area contributed by atoms with Crippen molar-refractivity contribution < 1.29 is 38.0 Å². The SMILES string of the molecule is O=C1CCCC=CCC=CCCCCCCCCOC(CSSCC2=CN=CC2)COCCCCCCCCC=CCC=CCCCCOCC(=O)CCCC=CCC=CCCCCCCCOC(CSSCc2cnc[nH]2)COCCCCCCC=CCC=CCCCCOC1. The van der Waals surface area contributed by atoms with Crippen molar-refractivity contribution in [3.05, 3.63) is 127 Å². The van der Waals surface area contributed by atoms with Crippen molar-refractivity contribution in [2.45, 2.75) is 288 Å². The topological polar surface area (TPSA) is 131 Å². The molecule has 0 spiro atoms. The highest BCUT2D eigenvalue weighted by Gasteiger charge is 2.13. The molecule has 2 aliphatic heterocycles. The summed E-state index contributed by atoms with van der Waals surface area (Å²) in [6.07, 6.45) is 90.6. The molecule has 3 rings (SSSR count). The Morgan fingerprint density at radius 3 is 1.09 bits per heavy atom. The predicted molar refractivity (Wildman–Crippen MR) is 424 cm³/mol. The van der Waals surface area contributed by atoms with Gasteiger partial charge in [-0.1, -0.05) is 224 Å². The van der Waals surface area contributed by atoms with Gasteiger partial charge in [0, 0.05) is 106 Å². The Balaban J connectivity index is 1.28. The summed E-state index contributed by atoms with van der Waals surface area (Å²) < 4.78 is 36.6. The van der Waals surface area contributed by atoms with Crippen LogP contribution in [-0.2, 0) is 43.8 Å². The second-order valence-corrected chi connectivity index (χ2v) is 30.9. The predicted octanol–water partition coefficient (Wildman–Crippen LogP) is 23.5. The van der Waals surface area contributed by atoms with Crippen LogP contribution in [0.3, 0.4) is 0 Å². The summed E-state index contributed by atoms with van der Waals surface area (Å²) in [6, 6.07) is 0. The minimum absolute atomic E-state index is 0.108. The van der Waals surface area contributed by atoms with Crippen molar-refractivity contribution in [2.24, 2.45) is 4.99 Å². The first-order valence-electron chi connectivity index (χ1n) is 38.6. The Bertz CT molecular complexity index is 2230. The molecule has 2 aliphatic rings. The third kappa shape index (κ3) is 63.7. The van der Waals surface area contributed by atoms with E-state index in [1.807, 2.05) is 61.8 Å². The van der Waals surface area contributed by atoms with Gasteiger partial charge in [0.25, 0.3) is 0 Å². The van der Waals surface area contributed by atoms with Gasteiger partial charge in [-0.2, -0.15) is 0 Å². The number of aromatic nitrogens is 2. The number of carbonyl (C=O) groups is 2. The Labute approximate surface area is 608 Å². The van der Waals surface area contributed by atoms with Crippen LogP contribution < -0.4 is 0 Å². The van der Waals surface area contributed by atoms with E-state index in [-0.39, 0.29) is 37.0 Å². The highest BCUT2D eigenvalue weighted by molar-refractivity contribution is 8.76. The van der Waals surface area contributed by atoms with E-state index in [4.69, 9.17) is 28.4 Å².